The van der Waals surface area contributed by atoms with Crippen molar-refractivity contribution in [1.29, 1.82) is 0 Å². The molecule has 0 bridgehead atoms. The van der Waals surface area contributed by atoms with Gasteiger partial charge in [-0.1, -0.05) is 23.7 Å². The number of hydrogen-bond acceptors (Lipinski definition) is 7. The highest BCUT2D eigenvalue weighted by molar-refractivity contribution is 7.18. The van der Waals surface area contributed by atoms with E-state index < -0.39 is 0 Å². The van der Waals surface area contributed by atoms with Crippen molar-refractivity contribution < 1.29 is 9.63 Å². The van der Waals surface area contributed by atoms with Gasteiger partial charge in [-0.15, -0.1) is 11.3 Å². The molecule has 0 radical (unpaired) electrons. The summed E-state index contributed by atoms with van der Waals surface area (Å²) in [4.78, 5) is 27.3. The van der Waals surface area contributed by atoms with Crippen LogP contribution >= 0.6 is 22.9 Å². The van der Waals surface area contributed by atoms with Gasteiger partial charge in [0.05, 0.1) is 28.0 Å². The van der Waals surface area contributed by atoms with Gasteiger partial charge in [-0.05, 0) is 24.3 Å². The number of nitrogens with one attached hydrogen (secondary N) is 2. The molecule has 30 heavy (non-hydrogen) atoms. The van der Waals surface area contributed by atoms with Crippen LogP contribution in [-0.4, -0.2) is 63.5 Å². The van der Waals surface area contributed by atoms with Gasteiger partial charge in [0.1, 0.15) is 11.9 Å². The molecular formula is C21H24ClN5O2S. The lowest BCUT2D eigenvalue weighted by molar-refractivity contribution is 0.0499. The molecule has 2 aromatic rings. The summed E-state index contributed by atoms with van der Waals surface area (Å²) in [5.74, 6) is 0.862. The van der Waals surface area contributed by atoms with Gasteiger partial charge >= 0.3 is 0 Å². The van der Waals surface area contributed by atoms with Gasteiger partial charge in [0.2, 0.25) is 0 Å². The zero-order valence-electron chi connectivity index (χ0n) is 17.1. The SMILES string of the molecule is CN1CCN=C1c1ccc(C2=CC(CNC(=O)c3ccc(Cl)s3)ON2)c(N(C)C)c1. The summed E-state index contributed by atoms with van der Waals surface area (Å²) in [7, 11) is 6.10. The number of halogens is 1. The van der Waals surface area contributed by atoms with E-state index in [1.54, 1.807) is 12.1 Å². The van der Waals surface area contributed by atoms with Crippen molar-refractivity contribution in [1.82, 2.24) is 15.7 Å². The van der Waals surface area contributed by atoms with E-state index in [2.05, 4.69) is 50.8 Å². The van der Waals surface area contributed by atoms with Crippen LogP contribution in [0.25, 0.3) is 5.70 Å². The first-order valence-corrected chi connectivity index (χ1v) is 10.9. The summed E-state index contributed by atoms with van der Waals surface area (Å²) in [6.07, 6.45) is 1.72. The monoisotopic (exact) mass is 445 g/mol. The standard InChI is InChI=1S/C21H24ClN5O2S/c1-26(2)17-10-13(20-23-8-9-27(20)3)4-5-15(17)16-11-14(29-25-16)12-24-21(28)18-6-7-19(22)30-18/h4-7,10-11,14,25H,8-9,12H2,1-3H3,(H,24,28). The third-order valence-electron chi connectivity index (χ3n) is 5.02. The van der Waals surface area contributed by atoms with Gasteiger partial charge in [0.25, 0.3) is 5.91 Å². The number of amidine groups is 1. The predicted octanol–water partition coefficient (Wildman–Crippen LogP) is 2.83. The van der Waals surface area contributed by atoms with E-state index in [1.165, 1.54) is 11.3 Å². The van der Waals surface area contributed by atoms with Crippen LogP contribution in [0.3, 0.4) is 0 Å². The van der Waals surface area contributed by atoms with E-state index in [4.69, 9.17) is 16.4 Å². The van der Waals surface area contributed by atoms with E-state index >= 15 is 0 Å². The molecule has 1 atom stereocenters. The maximum atomic E-state index is 12.2. The highest BCUT2D eigenvalue weighted by atomic mass is 35.5. The molecule has 2 aliphatic heterocycles. The van der Waals surface area contributed by atoms with Crippen LogP contribution in [0, 0.1) is 0 Å². The first-order chi connectivity index (χ1) is 14.4. The lowest BCUT2D eigenvalue weighted by atomic mass is 10.0. The zero-order valence-corrected chi connectivity index (χ0v) is 18.7. The Morgan fingerprint density at radius 1 is 1.40 bits per heavy atom. The second kappa shape index (κ2) is 8.67. The van der Waals surface area contributed by atoms with Crippen molar-refractivity contribution >= 4 is 46.1 Å². The molecule has 2 N–H and O–H groups in total. The predicted molar refractivity (Wildman–Crippen MR) is 122 cm³/mol. The smallest absolute Gasteiger partial charge is 0.261 e. The number of likely N-dealkylation sites (N-methyl/N-ethyl adjacent to an activating group) is 1. The fourth-order valence-electron chi connectivity index (χ4n) is 3.47. The molecule has 9 heteroatoms. The summed E-state index contributed by atoms with van der Waals surface area (Å²) < 4.78 is 0.593. The maximum absolute atomic E-state index is 12.2. The van der Waals surface area contributed by atoms with Crippen molar-refractivity contribution in [3.05, 3.63) is 56.7 Å². The van der Waals surface area contributed by atoms with Gasteiger partial charge in [-0.3, -0.25) is 20.1 Å². The number of hydroxylamine groups is 1. The zero-order chi connectivity index (χ0) is 21.3. The first-order valence-electron chi connectivity index (χ1n) is 9.67. The van der Waals surface area contributed by atoms with E-state index in [0.29, 0.717) is 15.8 Å². The van der Waals surface area contributed by atoms with Crippen molar-refractivity contribution in [3.63, 3.8) is 0 Å². The van der Waals surface area contributed by atoms with Crippen molar-refractivity contribution in [2.45, 2.75) is 6.10 Å². The Bertz CT molecular complexity index is 1020. The van der Waals surface area contributed by atoms with Crippen molar-refractivity contribution in [2.75, 3.05) is 45.7 Å². The topological polar surface area (TPSA) is 69.2 Å². The van der Waals surface area contributed by atoms with Crippen LogP contribution in [0.5, 0.6) is 0 Å². The average Bonchev–Trinajstić information content (AvgIpc) is 3.47. The molecule has 0 saturated heterocycles. The van der Waals surface area contributed by atoms with Gasteiger partial charge < -0.3 is 15.1 Å². The Labute approximate surface area is 184 Å². The summed E-state index contributed by atoms with van der Waals surface area (Å²) in [6.45, 7) is 2.14. The van der Waals surface area contributed by atoms with E-state index in [0.717, 1.165) is 41.4 Å². The fraction of sp³-hybridized carbons (Fsp3) is 0.333. The lowest BCUT2D eigenvalue weighted by Gasteiger charge is -2.21. The molecule has 0 spiro atoms. The van der Waals surface area contributed by atoms with Gasteiger partial charge in [0, 0.05) is 44.5 Å². The molecule has 1 aromatic heterocycles. The highest BCUT2D eigenvalue weighted by Gasteiger charge is 2.23. The Kier molecular flexibility index (Phi) is 5.99. The number of rotatable bonds is 6. The molecule has 158 valence electrons. The number of benzene rings is 1. The van der Waals surface area contributed by atoms with Crippen LogP contribution in [0.1, 0.15) is 20.8 Å². The fourth-order valence-corrected chi connectivity index (χ4v) is 4.43. The summed E-state index contributed by atoms with van der Waals surface area (Å²) >= 11 is 7.16. The highest BCUT2D eigenvalue weighted by Crippen LogP contribution is 2.30. The number of carbonyl (C=O) groups excluding carboxylic acids is 1. The van der Waals surface area contributed by atoms with E-state index in [9.17, 15) is 4.79 Å². The minimum Gasteiger partial charge on any atom is -0.377 e. The quantitative estimate of drug-likeness (QED) is 0.715. The van der Waals surface area contributed by atoms with Gasteiger partial charge in [-0.2, -0.15) is 0 Å². The normalized spacial score (nSPS) is 18.1. The second-order valence-corrected chi connectivity index (χ2v) is 9.12. The second-order valence-electron chi connectivity index (χ2n) is 7.41. The third-order valence-corrected chi connectivity index (χ3v) is 6.25. The Morgan fingerprint density at radius 2 is 2.23 bits per heavy atom. The van der Waals surface area contributed by atoms with Gasteiger partial charge in [-0.25, -0.2) is 0 Å². The van der Waals surface area contributed by atoms with E-state index in [1.807, 2.05) is 20.2 Å². The van der Waals surface area contributed by atoms with E-state index in [-0.39, 0.29) is 12.0 Å². The van der Waals surface area contributed by atoms with Gasteiger partial charge in [0.15, 0.2) is 0 Å². The summed E-state index contributed by atoms with van der Waals surface area (Å²) in [6, 6.07) is 9.74. The minimum atomic E-state index is -0.264. The molecule has 0 aliphatic carbocycles. The van der Waals surface area contributed by atoms with Crippen LogP contribution in [-0.2, 0) is 4.84 Å². The molecule has 0 fully saturated rings. The first kappa shape index (κ1) is 20.7. The minimum absolute atomic E-state index is 0.155. The number of thiophene rings is 1. The number of hydrogen-bond donors (Lipinski definition) is 2. The van der Waals surface area contributed by atoms with Crippen LogP contribution in [0.15, 0.2) is 41.4 Å². The largest absolute Gasteiger partial charge is 0.377 e. The summed E-state index contributed by atoms with van der Waals surface area (Å²) in [5.41, 5.74) is 7.08. The molecule has 1 amide bonds. The van der Waals surface area contributed by atoms with Crippen LogP contribution in [0.4, 0.5) is 5.69 Å². The van der Waals surface area contributed by atoms with Crippen LogP contribution < -0.4 is 15.7 Å². The molecule has 2 aliphatic rings. The Morgan fingerprint density at radius 3 is 2.90 bits per heavy atom. The molecule has 1 aromatic carbocycles. The molecule has 1 unspecified atom stereocenters. The summed E-state index contributed by atoms with van der Waals surface area (Å²) in [5, 5.41) is 2.89. The number of nitrogens with zero attached hydrogens (tertiary/aromatic N) is 3. The number of aliphatic imine (C=N–C) groups is 1. The number of carbonyl (C=O) groups is 1. The molecule has 4 rings (SSSR count). The molecule has 3 heterocycles. The Balaban J connectivity index is 1.48. The lowest BCUT2D eigenvalue weighted by Crippen LogP contribution is -2.31. The van der Waals surface area contributed by atoms with Crippen molar-refractivity contribution in [3.8, 4) is 0 Å². The maximum Gasteiger partial charge on any atom is 0.261 e. The van der Waals surface area contributed by atoms with Crippen molar-refractivity contribution in [2.24, 2.45) is 4.99 Å². The number of amides is 1. The molecular weight excluding hydrogens is 422 g/mol. The molecule has 7 nitrogen and oxygen atoms in total. The third kappa shape index (κ3) is 4.30. The number of anilines is 1. The molecule has 0 saturated carbocycles. The Hall–Kier alpha value is -2.55. The average molecular weight is 446 g/mol. The van der Waals surface area contributed by atoms with Crippen LogP contribution in [0.2, 0.25) is 4.34 Å².